The number of hydrogen-bond acceptors (Lipinski definition) is 2. The Balaban J connectivity index is 2.11. The van der Waals surface area contributed by atoms with Gasteiger partial charge in [-0.3, -0.25) is 0 Å². The van der Waals surface area contributed by atoms with Gasteiger partial charge in [0, 0.05) is 5.92 Å². The lowest BCUT2D eigenvalue weighted by Gasteiger charge is -2.10. The summed E-state index contributed by atoms with van der Waals surface area (Å²) in [5, 5.41) is 0. The molecule has 0 spiro atoms. The molecule has 0 aromatic heterocycles. The molecule has 11 heavy (non-hydrogen) atoms. The predicted molar refractivity (Wildman–Crippen MR) is 41.0 cm³/mol. The minimum atomic E-state index is 0.176. The number of fused-ring (bicyclic) bond motifs is 1. The van der Waals surface area contributed by atoms with Crippen molar-refractivity contribution in [2.75, 3.05) is 13.2 Å². The molecule has 2 fully saturated rings. The molecule has 0 saturated carbocycles. The van der Waals surface area contributed by atoms with E-state index in [0.717, 1.165) is 6.61 Å². The molecule has 0 N–H and O–H groups in total. The summed E-state index contributed by atoms with van der Waals surface area (Å²) in [4.78, 5) is 0. The lowest BCUT2D eigenvalue weighted by atomic mass is 9.98. The van der Waals surface area contributed by atoms with Crippen molar-refractivity contribution in [1.29, 1.82) is 0 Å². The standard InChI is InChI=1S/C9H12O2/c1-3-7-5-11-8-6(2)4-10-9(7)8/h1,6-9H,4-5H2,2H3. The molecular weight excluding hydrogens is 140 g/mol. The molecule has 0 aromatic rings. The number of hydrogen-bond donors (Lipinski definition) is 0. The van der Waals surface area contributed by atoms with Crippen LogP contribution in [0.2, 0.25) is 0 Å². The van der Waals surface area contributed by atoms with Gasteiger partial charge < -0.3 is 9.47 Å². The van der Waals surface area contributed by atoms with Gasteiger partial charge in [-0.05, 0) is 0 Å². The third-order valence-electron chi connectivity index (χ3n) is 2.52. The quantitative estimate of drug-likeness (QED) is 0.475. The first-order valence-corrected chi connectivity index (χ1v) is 4.02. The average molecular weight is 152 g/mol. The molecule has 4 atom stereocenters. The number of rotatable bonds is 0. The lowest BCUT2D eigenvalue weighted by molar-refractivity contribution is 0.0642. The molecule has 0 radical (unpaired) electrons. The van der Waals surface area contributed by atoms with E-state index in [1.165, 1.54) is 0 Å². The molecule has 2 heteroatoms. The van der Waals surface area contributed by atoms with E-state index < -0.39 is 0 Å². The first-order valence-electron chi connectivity index (χ1n) is 4.02. The Hall–Kier alpha value is -0.520. The fourth-order valence-electron chi connectivity index (χ4n) is 1.83. The van der Waals surface area contributed by atoms with E-state index >= 15 is 0 Å². The van der Waals surface area contributed by atoms with Gasteiger partial charge in [-0.2, -0.15) is 0 Å². The summed E-state index contributed by atoms with van der Waals surface area (Å²) in [5.41, 5.74) is 0. The van der Waals surface area contributed by atoms with Crippen molar-refractivity contribution in [2.24, 2.45) is 11.8 Å². The normalized spacial score (nSPS) is 48.7. The molecule has 0 amide bonds. The highest BCUT2D eigenvalue weighted by Gasteiger charge is 2.44. The molecule has 0 aliphatic carbocycles. The van der Waals surface area contributed by atoms with Gasteiger partial charge in [-0.15, -0.1) is 6.42 Å². The van der Waals surface area contributed by atoms with Gasteiger partial charge >= 0.3 is 0 Å². The van der Waals surface area contributed by atoms with Gasteiger partial charge in [0.25, 0.3) is 0 Å². The fraction of sp³-hybridized carbons (Fsp3) is 0.778. The van der Waals surface area contributed by atoms with Gasteiger partial charge in [0.05, 0.1) is 31.3 Å². The third kappa shape index (κ3) is 0.962. The zero-order valence-corrected chi connectivity index (χ0v) is 6.62. The molecule has 2 nitrogen and oxygen atoms in total. The van der Waals surface area contributed by atoms with Crippen LogP contribution in [0.25, 0.3) is 0 Å². The average Bonchev–Trinajstić information content (AvgIpc) is 2.53. The van der Waals surface area contributed by atoms with E-state index in [1.54, 1.807) is 0 Å². The molecular formula is C9H12O2. The van der Waals surface area contributed by atoms with Crippen molar-refractivity contribution in [2.45, 2.75) is 19.1 Å². The van der Waals surface area contributed by atoms with Crippen molar-refractivity contribution in [3.05, 3.63) is 0 Å². The minimum absolute atomic E-state index is 0.176. The van der Waals surface area contributed by atoms with E-state index in [9.17, 15) is 0 Å². The van der Waals surface area contributed by atoms with Crippen LogP contribution in [0.5, 0.6) is 0 Å². The Bertz CT molecular complexity index is 194. The molecule has 4 unspecified atom stereocenters. The summed E-state index contributed by atoms with van der Waals surface area (Å²) in [5.74, 6) is 3.40. The summed E-state index contributed by atoms with van der Waals surface area (Å²) in [7, 11) is 0. The van der Waals surface area contributed by atoms with Crippen molar-refractivity contribution in [1.82, 2.24) is 0 Å². The van der Waals surface area contributed by atoms with Crippen molar-refractivity contribution in [3.63, 3.8) is 0 Å². The summed E-state index contributed by atoms with van der Waals surface area (Å²) in [6.07, 6.45) is 5.76. The summed E-state index contributed by atoms with van der Waals surface area (Å²) in [6, 6.07) is 0. The van der Waals surface area contributed by atoms with Crippen LogP contribution >= 0.6 is 0 Å². The maximum Gasteiger partial charge on any atom is 0.0999 e. The van der Waals surface area contributed by atoms with Crippen molar-refractivity contribution in [3.8, 4) is 12.3 Å². The van der Waals surface area contributed by atoms with Gasteiger partial charge in [-0.25, -0.2) is 0 Å². The van der Waals surface area contributed by atoms with Crippen LogP contribution in [0, 0.1) is 24.2 Å². The fourth-order valence-corrected chi connectivity index (χ4v) is 1.83. The van der Waals surface area contributed by atoms with Crippen molar-refractivity contribution < 1.29 is 9.47 Å². The Kier molecular flexibility index (Phi) is 1.63. The maximum absolute atomic E-state index is 5.53. The van der Waals surface area contributed by atoms with Gasteiger partial charge in [0.15, 0.2) is 0 Å². The Morgan fingerprint density at radius 1 is 1.27 bits per heavy atom. The lowest BCUT2D eigenvalue weighted by Crippen LogP contribution is -2.24. The summed E-state index contributed by atoms with van der Waals surface area (Å²) < 4.78 is 11.1. The maximum atomic E-state index is 5.53. The predicted octanol–water partition coefficient (Wildman–Crippen LogP) is 0.669. The molecule has 0 aromatic carbocycles. The second-order valence-electron chi connectivity index (χ2n) is 3.35. The first kappa shape index (κ1) is 7.15. The van der Waals surface area contributed by atoms with E-state index in [4.69, 9.17) is 15.9 Å². The zero-order valence-electron chi connectivity index (χ0n) is 6.62. The molecule has 2 heterocycles. The van der Waals surface area contributed by atoms with E-state index in [0.29, 0.717) is 12.5 Å². The third-order valence-corrected chi connectivity index (χ3v) is 2.52. The van der Waals surface area contributed by atoms with E-state index in [-0.39, 0.29) is 18.1 Å². The second-order valence-corrected chi connectivity index (χ2v) is 3.35. The SMILES string of the molecule is C#CC1COC2C(C)COC12. The second kappa shape index (κ2) is 2.51. The topological polar surface area (TPSA) is 18.5 Å². The van der Waals surface area contributed by atoms with Crippen LogP contribution in [-0.2, 0) is 9.47 Å². The molecule has 2 aliphatic heterocycles. The Morgan fingerprint density at radius 3 is 2.73 bits per heavy atom. The minimum Gasteiger partial charge on any atom is -0.374 e. The number of ether oxygens (including phenoxy) is 2. The first-order chi connectivity index (χ1) is 5.33. The van der Waals surface area contributed by atoms with Crippen LogP contribution in [0.1, 0.15) is 6.92 Å². The van der Waals surface area contributed by atoms with Crippen LogP contribution in [0.3, 0.4) is 0 Å². The number of terminal acetylenes is 1. The molecule has 2 saturated heterocycles. The zero-order chi connectivity index (χ0) is 7.84. The largest absolute Gasteiger partial charge is 0.374 e. The highest BCUT2D eigenvalue weighted by atomic mass is 16.6. The van der Waals surface area contributed by atoms with E-state index in [2.05, 4.69) is 12.8 Å². The highest BCUT2D eigenvalue weighted by Crippen LogP contribution is 2.33. The Labute approximate surface area is 66.9 Å². The smallest absolute Gasteiger partial charge is 0.0999 e. The van der Waals surface area contributed by atoms with Crippen LogP contribution in [-0.4, -0.2) is 25.4 Å². The molecule has 60 valence electrons. The van der Waals surface area contributed by atoms with E-state index in [1.807, 2.05) is 0 Å². The van der Waals surface area contributed by atoms with Gasteiger partial charge in [-0.1, -0.05) is 12.8 Å². The van der Waals surface area contributed by atoms with Crippen LogP contribution in [0.4, 0.5) is 0 Å². The summed E-state index contributed by atoms with van der Waals surface area (Å²) in [6.45, 7) is 3.62. The van der Waals surface area contributed by atoms with Gasteiger partial charge in [0.2, 0.25) is 0 Å². The van der Waals surface area contributed by atoms with Gasteiger partial charge in [0.1, 0.15) is 0 Å². The molecule has 0 bridgehead atoms. The van der Waals surface area contributed by atoms with Crippen LogP contribution < -0.4 is 0 Å². The van der Waals surface area contributed by atoms with Crippen molar-refractivity contribution >= 4 is 0 Å². The molecule has 2 aliphatic rings. The highest BCUT2D eigenvalue weighted by molar-refractivity contribution is 5.05. The molecule has 2 rings (SSSR count). The monoisotopic (exact) mass is 152 g/mol. The summed E-state index contributed by atoms with van der Waals surface area (Å²) >= 11 is 0. The Morgan fingerprint density at radius 2 is 2.00 bits per heavy atom. The van der Waals surface area contributed by atoms with Crippen LogP contribution in [0.15, 0.2) is 0 Å².